The Hall–Kier alpha value is -3.27. The molecule has 0 aromatic heterocycles. The minimum absolute atomic E-state index is 0.0739. The second kappa shape index (κ2) is 10.4. The molecule has 1 aliphatic heterocycles. The van der Waals surface area contributed by atoms with Crippen LogP contribution in [-0.2, 0) is 14.8 Å². The average molecular weight is 509 g/mol. The lowest BCUT2D eigenvalue weighted by molar-refractivity contribution is -0.134. The number of nitrogens with zero attached hydrogens (tertiary/aromatic N) is 1. The van der Waals surface area contributed by atoms with Crippen molar-refractivity contribution in [2.45, 2.75) is 44.2 Å². The fourth-order valence-corrected chi connectivity index (χ4v) is 6.31. The third-order valence-electron chi connectivity index (χ3n) is 6.72. The van der Waals surface area contributed by atoms with E-state index < -0.39 is 16.1 Å². The summed E-state index contributed by atoms with van der Waals surface area (Å²) in [5.74, 6) is -0.457. The number of piperidine rings is 1. The molecule has 1 heterocycles. The fraction of sp³-hybridized carbons (Fsp3) is 0.333. The molecule has 3 atom stereocenters. The van der Waals surface area contributed by atoms with Gasteiger partial charge in [0.15, 0.2) is 0 Å². The molecule has 0 spiro atoms. The van der Waals surface area contributed by atoms with Gasteiger partial charge in [0, 0.05) is 41.2 Å². The maximum atomic E-state index is 13.5. The number of likely N-dealkylation sites (tertiary alicyclic amines) is 1. The number of carbonyl (C=O) groups excluding carboxylic acids is 2. The molecule has 4 N–H and O–H groups in total. The summed E-state index contributed by atoms with van der Waals surface area (Å²) < 4.78 is 29.8. The quantitative estimate of drug-likeness (QED) is 0.472. The first kappa shape index (κ1) is 25.8. The molecule has 0 aliphatic carbocycles. The maximum absolute atomic E-state index is 13.5. The first-order valence-electron chi connectivity index (χ1n) is 12.0. The summed E-state index contributed by atoms with van der Waals surface area (Å²) in [5.41, 5.74) is 7.68. The number of rotatable bonds is 6. The molecule has 3 aromatic rings. The number of sulfonamides is 1. The number of hydrogen-bond donors (Lipinski definition) is 3. The molecule has 0 bridgehead atoms. The van der Waals surface area contributed by atoms with Crippen LogP contribution in [0.3, 0.4) is 0 Å². The largest absolute Gasteiger partial charge is 0.341 e. The van der Waals surface area contributed by atoms with Gasteiger partial charge in [-0.05, 0) is 49.9 Å². The Morgan fingerprint density at radius 1 is 1.03 bits per heavy atom. The highest BCUT2D eigenvalue weighted by molar-refractivity contribution is 7.89. The monoisotopic (exact) mass is 508 g/mol. The van der Waals surface area contributed by atoms with Crippen molar-refractivity contribution in [1.29, 1.82) is 0 Å². The maximum Gasteiger partial charge on any atom is 0.255 e. The van der Waals surface area contributed by atoms with Gasteiger partial charge in [0.2, 0.25) is 15.9 Å². The zero-order chi connectivity index (χ0) is 26.0. The van der Waals surface area contributed by atoms with E-state index >= 15 is 0 Å². The third kappa shape index (κ3) is 5.28. The minimum atomic E-state index is -3.87. The SMILES string of the molecule is Cc1ccccc1C(=O)Nc1cccc2c(S(=O)(=O)N[C@@H]3CCN(C(=O)[C@H](C)N)C[C@@H]3C)cccc12. The van der Waals surface area contributed by atoms with Crippen molar-refractivity contribution >= 4 is 38.3 Å². The molecule has 0 radical (unpaired) electrons. The highest BCUT2D eigenvalue weighted by Gasteiger charge is 2.33. The highest BCUT2D eigenvalue weighted by atomic mass is 32.2. The fourth-order valence-electron chi connectivity index (χ4n) is 4.71. The van der Waals surface area contributed by atoms with Crippen LogP contribution in [0.4, 0.5) is 5.69 Å². The number of anilines is 1. The molecule has 9 heteroatoms. The van der Waals surface area contributed by atoms with Crippen molar-refractivity contribution in [3.05, 3.63) is 71.8 Å². The van der Waals surface area contributed by atoms with Crippen molar-refractivity contribution < 1.29 is 18.0 Å². The van der Waals surface area contributed by atoms with Crippen LogP contribution < -0.4 is 15.8 Å². The average Bonchev–Trinajstić information content (AvgIpc) is 2.84. The molecule has 1 fully saturated rings. The summed E-state index contributed by atoms with van der Waals surface area (Å²) in [6, 6.07) is 16.7. The Kier molecular flexibility index (Phi) is 7.44. The smallest absolute Gasteiger partial charge is 0.255 e. The second-order valence-corrected chi connectivity index (χ2v) is 11.2. The van der Waals surface area contributed by atoms with Crippen molar-refractivity contribution in [2.24, 2.45) is 11.7 Å². The Labute approximate surface area is 211 Å². The Morgan fingerprint density at radius 3 is 2.42 bits per heavy atom. The topological polar surface area (TPSA) is 122 Å². The predicted molar refractivity (Wildman–Crippen MR) is 141 cm³/mol. The minimum Gasteiger partial charge on any atom is -0.341 e. The molecule has 0 saturated carbocycles. The Morgan fingerprint density at radius 2 is 1.72 bits per heavy atom. The zero-order valence-corrected chi connectivity index (χ0v) is 21.5. The van der Waals surface area contributed by atoms with Crippen LogP contribution in [0.1, 0.15) is 36.2 Å². The van der Waals surface area contributed by atoms with Crippen molar-refractivity contribution in [3.63, 3.8) is 0 Å². The summed E-state index contributed by atoms with van der Waals surface area (Å²) in [4.78, 5) is 27.0. The van der Waals surface area contributed by atoms with E-state index in [2.05, 4.69) is 10.0 Å². The van der Waals surface area contributed by atoms with Crippen LogP contribution in [-0.4, -0.2) is 50.3 Å². The molecular formula is C27H32N4O4S. The van der Waals surface area contributed by atoms with E-state index in [0.717, 1.165) is 5.56 Å². The standard InChI is InChI=1S/C27H32N4O4S/c1-17-8-4-5-9-20(17)26(32)29-24-12-6-11-22-21(24)10-7-13-25(22)36(34,35)30-23-14-15-31(16-18(23)2)27(33)19(3)28/h4-13,18-19,23,30H,14-16,28H2,1-3H3,(H,29,32)/t18-,19-,23+/m0/s1. The van der Waals surface area contributed by atoms with Gasteiger partial charge in [0.05, 0.1) is 10.9 Å². The lowest BCUT2D eigenvalue weighted by atomic mass is 9.94. The normalized spacial score (nSPS) is 19.2. The van der Waals surface area contributed by atoms with Crippen LogP contribution in [0.2, 0.25) is 0 Å². The zero-order valence-electron chi connectivity index (χ0n) is 20.7. The molecule has 36 heavy (non-hydrogen) atoms. The number of nitrogens with one attached hydrogen (secondary N) is 2. The van der Waals surface area contributed by atoms with Crippen LogP contribution in [0.15, 0.2) is 65.6 Å². The van der Waals surface area contributed by atoms with Crippen LogP contribution in [0.5, 0.6) is 0 Å². The number of aryl methyl sites for hydroxylation is 1. The number of hydrogen-bond acceptors (Lipinski definition) is 5. The summed E-state index contributed by atoms with van der Waals surface area (Å²) in [6.07, 6.45) is 0.501. The van der Waals surface area contributed by atoms with Gasteiger partial charge in [0.1, 0.15) is 0 Å². The number of fused-ring (bicyclic) bond motifs is 1. The van der Waals surface area contributed by atoms with Crippen LogP contribution in [0.25, 0.3) is 10.8 Å². The number of benzene rings is 3. The van der Waals surface area contributed by atoms with E-state index in [1.54, 1.807) is 60.4 Å². The summed E-state index contributed by atoms with van der Waals surface area (Å²) in [5, 5.41) is 4.08. The molecule has 1 saturated heterocycles. The number of nitrogens with two attached hydrogens (primary N) is 1. The molecule has 3 aromatic carbocycles. The van der Waals surface area contributed by atoms with Gasteiger partial charge < -0.3 is 16.0 Å². The second-order valence-electron chi connectivity index (χ2n) is 9.49. The summed E-state index contributed by atoms with van der Waals surface area (Å²) in [7, 11) is -3.87. The number of amides is 2. The first-order valence-corrected chi connectivity index (χ1v) is 13.5. The molecular weight excluding hydrogens is 476 g/mol. The van der Waals surface area contributed by atoms with E-state index in [1.807, 2.05) is 26.0 Å². The van der Waals surface area contributed by atoms with Crippen LogP contribution >= 0.6 is 0 Å². The Bertz CT molecular complexity index is 1400. The van der Waals surface area contributed by atoms with Gasteiger partial charge in [-0.1, -0.05) is 49.4 Å². The van der Waals surface area contributed by atoms with Crippen molar-refractivity contribution in [1.82, 2.24) is 9.62 Å². The van der Waals surface area contributed by atoms with Crippen LogP contribution in [0, 0.1) is 12.8 Å². The van der Waals surface area contributed by atoms with Gasteiger partial charge in [-0.3, -0.25) is 9.59 Å². The highest BCUT2D eigenvalue weighted by Crippen LogP contribution is 2.30. The molecule has 1 aliphatic rings. The van der Waals surface area contributed by atoms with Gasteiger partial charge in [0.25, 0.3) is 5.91 Å². The van der Waals surface area contributed by atoms with Gasteiger partial charge in [-0.2, -0.15) is 0 Å². The predicted octanol–water partition coefficient (Wildman–Crippen LogP) is 3.26. The van der Waals surface area contributed by atoms with Crippen molar-refractivity contribution in [3.8, 4) is 0 Å². The van der Waals surface area contributed by atoms with E-state index in [4.69, 9.17) is 5.73 Å². The third-order valence-corrected chi connectivity index (χ3v) is 8.27. The van der Waals surface area contributed by atoms with E-state index in [1.165, 1.54) is 0 Å². The molecule has 2 amide bonds. The molecule has 4 rings (SSSR count). The van der Waals surface area contributed by atoms with E-state index in [0.29, 0.717) is 41.5 Å². The van der Waals surface area contributed by atoms with E-state index in [-0.39, 0.29) is 28.7 Å². The van der Waals surface area contributed by atoms with Gasteiger partial charge >= 0.3 is 0 Å². The van der Waals surface area contributed by atoms with Gasteiger partial charge in [-0.25, -0.2) is 13.1 Å². The lowest BCUT2D eigenvalue weighted by Gasteiger charge is -2.37. The van der Waals surface area contributed by atoms with Gasteiger partial charge in [-0.15, -0.1) is 0 Å². The van der Waals surface area contributed by atoms with E-state index in [9.17, 15) is 18.0 Å². The summed E-state index contributed by atoms with van der Waals surface area (Å²) in [6.45, 7) is 6.34. The lowest BCUT2D eigenvalue weighted by Crippen LogP contribution is -2.54. The molecule has 8 nitrogen and oxygen atoms in total. The van der Waals surface area contributed by atoms with Crippen molar-refractivity contribution in [2.75, 3.05) is 18.4 Å². The number of carbonyl (C=O) groups is 2. The first-order chi connectivity index (χ1) is 17.1. The summed E-state index contributed by atoms with van der Waals surface area (Å²) >= 11 is 0. The molecule has 190 valence electrons. The Balaban J connectivity index is 1.58. The molecule has 0 unspecified atom stereocenters.